The van der Waals surface area contributed by atoms with Gasteiger partial charge in [0.1, 0.15) is 17.9 Å². The van der Waals surface area contributed by atoms with Crippen molar-refractivity contribution >= 4 is 40.7 Å². The van der Waals surface area contributed by atoms with Crippen LogP contribution in [0.2, 0.25) is 10.0 Å². The number of carbonyl (C=O) groups is 2. The third-order valence-electron chi connectivity index (χ3n) is 6.31. The zero-order valence-corrected chi connectivity index (χ0v) is 21.7. The second kappa shape index (κ2) is 11.5. The Morgan fingerprint density at radius 1 is 1.14 bits per heavy atom. The predicted molar refractivity (Wildman–Crippen MR) is 139 cm³/mol. The third-order valence-corrected chi connectivity index (χ3v) is 7.17. The first-order valence-electron chi connectivity index (χ1n) is 12.0. The van der Waals surface area contributed by atoms with Gasteiger partial charge in [0.25, 0.3) is 5.91 Å². The summed E-state index contributed by atoms with van der Waals surface area (Å²) >= 11 is 12.6. The number of ether oxygens (including phenoxy) is 1. The third kappa shape index (κ3) is 6.60. The lowest BCUT2D eigenvalue weighted by molar-refractivity contribution is -0.130. The van der Waals surface area contributed by atoms with Crippen molar-refractivity contribution in [3.63, 3.8) is 0 Å². The van der Waals surface area contributed by atoms with Gasteiger partial charge in [-0.25, -0.2) is 0 Å². The summed E-state index contributed by atoms with van der Waals surface area (Å²) < 4.78 is 5.88. The Hall–Kier alpha value is -2.48. The van der Waals surface area contributed by atoms with Crippen LogP contribution in [0.25, 0.3) is 0 Å². The average Bonchev–Trinajstić information content (AvgIpc) is 3.67. The lowest BCUT2D eigenvalue weighted by atomic mass is 10.1. The minimum Gasteiger partial charge on any atom is -0.491 e. The first-order valence-corrected chi connectivity index (χ1v) is 12.7. The molecule has 35 heavy (non-hydrogen) atoms. The fourth-order valence-corrected chi connectivity index (χ4v) is 4.48. The number of fused-ring (bicyclic) bond motifs is 1. The first kappa shape index (κ1) is 25.6. The van der Waals surface area contributed by atoms with Crippen LogP contribution in [0.1, 0.15) is 28.8 Å². The highest BCUT2D eigenvalue weighted by Crippen LogP contribution is 2.34. The standard InChI is InChI=1S/C26H32Cl2N4O3/c1-30(2)11-12-31(17-19-5-3-6-20(27)25(19)28)23(33)15-29-21-7-4-8-22-24(21)26(34)32(13-14-35-22)16-18-9-10-18/h3-8,18,29H,9-17H2,1-2H3. The molecule has 2 aromatic rings. The lowest BCUT2D eigenvalue weighted by Crippen LogP contribution is -2.39. The maximum Gasteiger partial charge on any atom is 0.259 e. The monoisotopic (exact) mass is 518 g/mol. The molecular formula is C26H32Cl2N4O3. The van der Waals surface area contributed by atoms with Crippen molar-refractivity contribution < 1.29 is 14.3 Å². The highest BCUT2D eigenvalue weighted by Gasteiger charge is 2.31. The molecular weight excluding hydrogens is 487 g/mol. The summed E-state index contributed by atoms with van der Waals surface area (Å²) in [6.07, 6.45) is 2.34. The van der Waals surface area contributed by atoms with Crippen LogP contribution in [0.3, 0.4) is 0 Å². The van der Waals surface area contributed by atoms with Crippen molar-refractivity contribution in [3.8, 4) is 5.75 Å². The number of likely N-dealkylation sites (N-methyl/N-ethyl adjacent to an activating group) is 1. The molecule has 2 amide bonds. The minimum absolute atomic E-state index is 0.0397. The Kier molecular flexibility index (Phi) is 8.42. The summed E-state index contributed by atoms with van der Waals surface area (Å²) in [6.45, 7) is 3.41. The number of benzene rings is 2. The topological polar surface area (TPSA) is 65.1 Å². The molecule has 1 saturated carbocycles. The largest absolute Gasteiger partial charge is 0.491 e. The molecule has 0 unspecified atom stereocenters. The van der Waals surface area contributed by atoms with Crippen molar-refractivity contribution in [1.29, 1.82) is 0 Å². The Labute approximate surface area is 216 Å². The molecule has 2 aromatic carbocycles. The molecule has 9 heteroatoms. The molecule has 0 atom stereocenters. The van der Waals surface area contributed by atoms with E-state index < -0.39 is 0 Å². The fourth-order valence-electron chi connectivity index (χ4n) is 4.10. The minimum atomic E-state index is -0.0997. The molecule has 0 radical (unpaired) electrons. The summed E-state index contributed by atoms with van der Waals surface area (Å²) in [7, 11) is 3.93. The highest BCUT2D eigenvalue weighted by atomic mass is 35.5. The van der Waals surface area contributed by atoms with Gasteiger partial charge >= 0.3 is 0 Å². The van der Waals surface area contributed by atoms with Gasteiger partial charge in [0, 0.05) is 26.2 Å². The first-order chi connectivity index (χ1) is 16.8. The van der Waals surface area contributed by atoms with Crippen LogP contribution in [-0.2, 0) is 11.3 Å². The van der Waals surface area contributed by atoms with E-state index in [1.165, 1.54) is 12.8 Å². The van der Waals surface area contributed by atoms with E-state index in [2.05, 4.69) is 5.32 Å². The smallest absolute Gasteiger partial charge is 0.259 e. The SMILES string of the molecule is CN(C)CCN(Cc1cccc(Cl)c1Cl)C(=O)CNc1cccc2c1C(=O)N(CC1CC1)CCO2. The van der Waals surface area contributed by atoms with Gasteiger partial charge in [0.2, 0.25) is 5.91 Å². The summed E-state index contributed by atoms with van der Waals surface area (Å²) in [5.74, 6) is 0.999. The summed E-state index contributed by atoms with van der Waals surface area (Å²) in [5.41, 5.74) is 1.90. The van der Waals surface area contributed by atoms with Crippen LogP contribution >= 0.6 is 23.2 Å². The number of carbonyl (C=O) groups excluding carboxylic acids is 2. The van der Waals surface area contributed by atoms with Crippen molar-refractivity contribution in [1.82, 2.24) is 14.7 Å². The fraction of sp³-hybridized carbons (Fsp3) is 0.462. The van der Waals surface area contributed by atoms with Crippen LogP contribution in [0.15, 0.2) is 36.4 Å². The zero-order chi connectivity index (χ0) is 24.9. The number of nitrogens with one attached hydrogen (secondary N) is 1. The van der Waals surface area contributed by atoms with E-state index >= 15 is 0 Å². The predicted octanol–water partition coefficient (Wildman–Crippen LogP) is 4.24. The van der Waals surface area contributed by atoms with E-state index in [-0.39, 0.29) is 18.4 Å². The van der Waals surface area contributed by atoms with Gasteiger partial charge < -0.3 is 24.8 Å². The Balaban J connectivity index is 1.49. The van der Waals surface area contributed by atoms with Gasteiger partial charge in [0.15, 0.2) is 0 Å². The molecule has 1 aliphatic heterocycles. The molecule has 1 fully saturated rings. The molecule has 188 valence electrons. The molecule has 1 heterocycles. The molecule has 7 nitrogen and oxygen atoms in total. The Morgan fingerprint density at radius 2 is 1.91 bits per heavy atom. The van der Waals surface area contributed by atoms with Gasteiger partial charge in [-0.1, -0.05) is 41.4 Å². The van der Waals surface area contributed by atoms with Crippen molar-refractivity contribution in [2.24, 2.45) is 5.92 Å². The van der Waals surface area contributed by atoms with Gasteiger partial charge in [0.05, 0.1) is 28.8 Å². The van der Waals surface area contributed by atoms with Crippen molar-refractivity contribution in [3.05, 3.63) is 57.6 Å². The molecule has 0 spiro atoms. The normalized spacial score (nSPS) is 15.5. The van der Waals surface area contributed by atoms with E-state index in [0.717, 1.165) is 12.1 Å². The lowest BCUT2D eigenvalue weighted by Gasteiger charge is -2.26. The molecule has 0 aromatic heterocycles. The maximum atomic E-state index is 13.4. The number of amides is 2. The van der Waals surface area contributed by atoms with Crippen LogP contribution < -0.4 is 10.1 Å². The number of hydrogen-bond acceptors (Lipinski definition) is 5. The van der Waals surface area contributed by atoms with E-state index in [9.17, 15) is 9.59 Å². The van der Waals surface area contributed by atoms with E-state index in [4.69, 9.17) is 27.9 Å². The molecule has 1 N–H and O–H groups in total. The number of rotatable bonds is 10. The Morgan fingerprint density at radius 3 is 2.66 bits per heavy atom. The molecule has 2 aliphatic rings. The van der Waals surface area contributed by atoms with Crippen LogP contribution in [-0.4, -0.2) is 79.9 Å². The molecule has 0 bridgehead atoms. The second-order valence-corrected chi connectivity index (χ2v) is 10.2. The number of halogens is 2. The van der Waals surface area contributed by atoms with Crippen molar-refractivity contribution in [2.45, 2.75) is 19.4 Å². The van der Waals surface area contributed by atoms with Crippen LogP contribution in [0.5, 0.6) is 5.75 Å². The van der Waals surface area contributed by atoms with Gasteiger partial charge in [-0.05, 0) is 56.6 Å². The van der Waals surface area contributed by atoms with E-state index in [1.54, 1.807) is 11.0 Å². The second-order valence-electron chi connectivity index (χ2n) is 9.41. The molecule has 4 rings (SSSR count). The van der Waals surface area contributed by atoms with Gasteiger partial charge in [-0.15, -0.1) is 0 Å². The summed E-state index contributed by atoms with van der Waals surface area (Å²) in [5, 5.41) is 4.13. The Bertz CT molecular complexity index is 1070. The van der Waals surface area contributed by atoms with Crippen LogP contribution in [0.4, 0.5) is 5.69 Å². The van der Waals surface area contributed by atoms with Crippen molar-refractivity contribution in [2.75, 3.05) is 58.7 Å². The molecule has 1 aliphatic carbocycles. The number of nitrogens with zero attached hydrogens (tertiary/aromatic N) is 3. The van der Waals surface area contributed by atoms with Gasteiger partial charge in [-0.2, -0.15) is 0 Å². The zero-order valence-electron chi connectivity index (χ0n) is 20.2. The summed E-state index contributed by atoms with van der Waals surface area (Å²) in [6, 6.07) is 10.9. The van der Waals surface area contributed by atoms with Gasteiger partial charge in [-0.3, -0.25) is 9.59 Å². The average molecular weight is 519 g/mol. The number of hydrogen-bond donors (Lipinski definition) is 1. The highest BCUT2D eigenvalue weighted by molar-refractivity contribution is 6.42. The summed E-state index contributed by atoms with van der Waals surface area (Å²) in [4.78, 5) is 32.3. The van der Waals surface area contributed by atoms with Crippen LogP contribution in [0, 0.1) is 5.92 Å². The number of anilines is 1. The quantitative estimate of drug-likeness (QED) is 0.509. The van der Waals surface area contributed by atoms with E-state index in [1.807, 2.05) is 54.2 Å². The maximum absolute atomic E-state index is 13.4. The molecule has 0 saturated heterocycles. The van der Waals surface area contributed by atoms with E-state index in [0.29, 0.717) is 65.7 Å².